The van der Waals surface area contributed by atoms with Gasteiger partial charge in [-0.3, -0.25) is 0 Å². The first-order valence-electron chi connectivity index (χ1n) is 5.30. The van der Waals surface area contributed by atoms with E-state index in [0.717, 1.165) is 29.1 Å². The lowest BCUT2D eigenvalue weighted by Crippen LogP contribution is -2.06. The summed E-state index contributed by atoms with van der Waals surface area (Å²) in [4.78, 5) is 0. The fourth-order valence-electron chi connectivity index (χ4n) is 1.95. The van der Waals surface area contributed by atoms with Gasteiger partial charge in [0.25, 0.3) is 0 Å². The second-order valence-electron chi connectivity index (χ2n) is 4.07. The molecule has 82 valence electrons. The number of nitrogens with one attached hydrogen (secondary N) is 1. The first-order chi connectivity index (χ1) is 7.75. The lowest BCUT2D eigenvalue weighted by molar-refractivity contribution is 0.714. The Labute approximate surface area is 103 Å². The van der Waals surface area contributed by atoms with Crippen molar-refractivity contribution in [3.8, 4) is 5.69 Å². The van der Waals surface area contributed by atoms with Crippen molar-refractivity contribution < 1.29 is 0 Å². The van der Waals surface area contributed by atoms with Crippen LogP contribution < -0.4 is 5.32 Å². The summed E-state index contributed by atoms with van der Waals surface area (Å²) in [5.74, 6) is 0. The van der Waals surface area contributed by atoms with E-state index in [4.69, 9.17) is 0 Å². The van der Waals surface area contributed by atoms with Gasteiger partial charge in [-0.25, -0.2) is 4.68 Å². The Morgan fingerprint density at radius 1 is 1.25 bits per heavy atom. The van der Waals surface area contributed by atoms with Crippen molar-refractivity contribution in [3.05, 3.63) is 45.7 Å². The number of fused-ring (bicyclic) bond motifs is 1. The van der Waals surface area contributed by atoms with Crippen LogP contribution in [0.2, 0.25) is 0 Å². The first-order valence-corrected chi connectivity index (χ1v) is 6.09. The Balaban J connectivity index is 2.10. The number of halogens is 1. The lowest BCUT2D eigenvalue weighted by Gasteiger charge is -2.04. The second-order valence-corrected chi connectivity index (χ2v) is 4.82. The standard InChI is InChI=1S/C12H12BrN3/c1-8-2-4-9(5-3-8)16-12(13)10-6-14-7-11(10)15-16/h2-5,14H,6-7H2,1H3. The van der Waals surface area contributed by atoms with Gasteiger partial charge in [-0.1, -0.05) is 17.7 Å². The Hall–Kier alpha value is -1.13. The van der Waals surface area contributed by atoms with Crippen LogP contribution in [0.15, 0.2) is 28.9 Å². The molecule has 0 aliphatic carbocycles. The predicted molar refractivity (Wildman–Crippen MR) is 66.5 cm³/mol. The highest BCUT2D eigenvalue weighted by Gasteiger charge is 2.20. The van der Waals surface area contributed by atoms with E-state index in [2.05, 4.69) is 57.5 Å². The van der Waals surface area contributed by atoms with E-state index in [-0.39, 0.29) is 0 Å². The smallest absolute Gasteiger partial charge is 0.114 e. The SMILES string of the molecule is Cc1ccc(-n2nc3c(c2Br)CNC3)cc1. The molecule has 16 heavy (non-hydrogen) atoms. The fraction of sp³-hybridized carbons (Fsp3) is 0.250. The molecule has 0 unspecified atom stereocenters. The maximum Gasteiger partial charge on any atom is 0.114 e. The van der Waals surface area contributed by atoms with Gasteiger partial charge in [0.2, 0.25) is 0 Å². The van der Waals surface area contributed by atoms with Crippen molar-refractivity contribution in [2.24, 2.45) is 0 Å². The molecule has 1 aliphatic rings. The normalized spacial score (nSPS) is 14.1. The highest BCUT2D eigenvalue weighted by Crippen LogP contribution is 2.27. The van der Waals surface area contributed by atoms with Gasteiger partial charge < -0.3 is 5.32 Å². The van der Waals surface area contributed by atoms with E-state index in [9.17, 15) is 0 Å². The van der Waals surface area contributed by atoms with Crippen LogP contribution in [0, 0.1) is 6.92 Å². The Morgan fingerprint density at radius 3 is 2.69 bits per heavy atom. The molecule has 0 saturated carbocycles. The summed E-state index contributed by atoms with van der Waals surface area (Å²) in [5, 5.41) is 7.89. The molecule has 0 atom stereocenters. The lowest BCUT2D eigenvalue weighted by atomic mass is 10.2. The molecule has 4 heteroatoms. The maximum atomic E-state index is 4.60. The summed E-state index contributed by atoms with van der Waals surface area (Å²) in [6.45, 7) is 3.86. The average molecular weight is 278 g/mol. The van der Waals surface area contributed by atoms with Crippen LogP contribution in [0.4, 0.5) is 0 Å². The largest absolute Gasteiger partial charge is 0.307 e. The molecule has 3 nitrogen and oxygen atoms in total. The zero-order chi connectivity index (χ0) is 11.1. The van der Waals surface area contributed by atoms with E-state index in [0.29, 0.717) is 0 Å². The molecule has 1 aromatic carbocycles. The molecule has 0 radical (unpaired) electrons. The third-order valence-electron chi connectivity index (χ3n) is 2.88. The molecule has 2 aromatic rings. The Morgan fingerprint density at radius 2 is 2.00 bits per heavy atom. The predicted octanol–water partition coefficient (Wildman–Crippen LogP) is 2.55. The van der Waals surface area contributed by atoms with E-state index in [1.54, 1.807) is 0 Å². The molecular formula is C12H12BrN3. The quantitative estimate of drug-likeness (QED) is 0.868. The summed E-state index contributed by atoms with van der Waals surface area (Å²) in [6, 6.07) is 8.39. The highest BCUT2D eigenvalue weighted by molar-refractivity contribution is 9.10. The summed E-state index contributed by atoms with van der Waals surface area (Å²) in [7, 11) is 0. The number of hydrogen-bond acceptors (Lipinski definition) is 2. The number of nitrogens with zero attached hydrogens (tertiary/aromatic N) is 2. The van der Waals surface area contributed by atoms with Gasteiger partial charge in [0.05, 0.1) is 11.4 Å². The summed E-state index contributed by atoms with van der Waals surface area (Å²) in [6.07, 6.45) is 0. The van der Waals surface area contributed by atoms with Crippen molar-refractivity contribution in [1.82, 2.24) is 15.1 Å². The summed E-state index contributed by atoms with van der Waals surface area (Å²) < 4.78 is 3.03. The number of aromatic nitrogens is 2. The van der Waals surface area contributed by atoms with Gasteiger partial charge in [0.1, 0.15) is 4.60 Å². The fourth-order valence-corrected chi connectivity index (χ4v) is 2.60. The van der Waals surface area contributed by atoms with E-state index < -0.39 is 0 Å². The van der Waals surface area contributed by atoms with E-state index >= 15 is 0 Å². The monoisotopic (exact) mass is 277 g/mol. The first kappa shape index (κ1) is 10.1. The molecule has 1 aliphatic heterocycles. The molecule has 0 fully saturated rings. The average Bonchev–Trinajstić information content (AvgIpc) is 2.84. The number of aryl methyl sites for hydroxylation is 1. The van der Waals surface area contributed by atoms with Crippen LogP contribution in [0.25, 0.3) is 5.69 Å². The van der Waals surface area contributed by atoms with Gasteiger partial charge in [-0.05, 0) is 35.0 Å². The zero-order valence-corrected chi connectivity index (χ0v) is 10.6. The third-order valence-corrected chi connectivity index (χ3v) is 3.69. The Kier molecular flexibility index (Phi) is 2.33. The van der Waals surface area contributed by atoms with Crippen molar-refractivity contribution in [3.63, 3.8) is 0 Å². The zero-order valence-electron chi connectivity index (χ0n) is 9.00. The molecule has 3 rings (SSSR count). The molecule has 0 spiro atoms. The highest BCUT2D eigenvalue weighted by atomic mass is 79.9. The maximum absolute atomic E-state index is 4.60. The topological polar surface area (TPSA) is 29.9 Å². The van der Waals surface area contributed by atoms with Gasteiger partial charge in [-0.2, -0.15) is 5.10 Å². The van der Waals surface area contributed by atoms with Crippen molar-refractivity contribution >= 4 is 15.9 Å². The number of rotatable bonds is 1. The summed E-state index contributed by atoms with van der Waals surface area (Å²) in [5.41, 5.74) is 4.79. The van der Waals surface area contributed by atoms with Gasteiger partial charge >= 0.3 is 0 Å². The molecule has 1 N–H and O–H groups in total. The number of benzene rings is 1. The van der Waals surface area contributed by atoms with Crippen molar-refractivity contribution in [2.75, 3.05) is 0 Å². The van der Waals surface area contributed by atoms with Crippen LogP contribution >= 0.6 is 15.9 Å². The van der Waals surface area contributed by atoms with Crippen LogP contribution in [-0.2, 0) is 13.1 Å². The third kappa shape index (κ3) is 1.49. The minimum Gasteiger partial charge on any atom is -0.307 e. The number of hydrogen-bond donors (Lipinski definition) is 1. The second kappa shape index (κ2) is 3.71. The molecule has 1 aromatic heterocycles. The Bertz CT molecular complexity index is 528. The molecule has 2 heterocycles. The van der Waals surface area contributed by atoms with E-state index in [1.165, 1.54) is 11.1 Å². The van der Waals surface area contributed by atoms with Crippen molar-refractivity contribution in [1.29, 1.82) is 0 Å². The van der Waals surface area contributed by atoms with Gasteiger partial charge in [0.15, 0.2) is 0 Å². The molecule has 0 bridgehead atoms. The van der Waals surface area contributed by atoms with Gasteiger partial charge in [0, 0.05) is 18.7 Å². The molecule has 0 amide bonds. The minimum absolute atomic E-state index is 0.868. The van der Waals surface area contributed by atoms with Gasteiger partial charge in [-0.15, -0.1) is 0 Å². The molecule has 0 saturated heterocycles. The van der Waals surface area contributed by atoms with Crippen LogP contribution in [0.3, 0.4) is 0 Å². The van der Waals surface area contributed by atoms with Crippen molar-refractivity contribution in [2.45, 2.75) is 20.0 Å². The van der Waals surface area contributed by atoms with Crippen LogP contribution in [-0.4, -0.2) is 9.78 Å². The van der Waals surface area contributed by atoms with Crippen LogP contribution in [0.1, 0.15) is 16.8 Å². The molecular weight excluding hydrogens is 266 g/mol. The minimum atomic E-state index is 0.868. The summed E-state index contributed by atoms with van der Waals surface area (Å²) >= 11 is 3.62. The van der Waals surface area contributed by atoms with Crippen LogP contribution in [0.5, 0.6) is 0 Å². The van der Waals surface area contributed by atoms with E-state index in [1.807, 2.05) is 4.68 Å².